The van der Waals surface area contributed by atoms with E-state index in [9.17, 15) is 9.18 Å². The molecule has 1 saturated carbocycles. The molecule has 0 unspecified atom stereocenters. The molecule has 1 fully saturated rings. The number of nitrogens with zero attached hydrogens (tertiary/aromatic N) is 1. The second-order valence-corrected chi connectivity index (χ2v) is 5.73. The Morgan fingerprint density at radius 3 is 2.39 bits per heavy atom. The number of carbonyl (C=O) groups excluding carboxylic acids is 1. The van der Waals surface area contributed by atoms with Crippen LogP contribution in [0.25, 0.3) is 0 Å². The predicted molar refractivity (Wildman–Crippen MR) is 71.7 cm³/mol. The van der Waals surface area contributed by atoms with Crippen LogP contribution >= 0.6 is 11.9 Å². The fourth-order valence-electron chi connectivity index (χ4n) is 2.32. The van der Waals surface area contributed by atoms with Crippen LogP contribution in [-0.2, 0) is 4.79 Å². The average molecular weight is 267 g/mol. The van der Waals surface area contributed by atoms with Gasteiger partial charge in [-0.15, -0.1) is 0 Å². The van der Waals surface area contributed by atoms with Crippen LogP contribution in [0.3, 0.4) is 0 Å². The van der Waals surface area contributed by atoms with E-state index in [4.69, 9.17) is 0 Å². The Labute approximate surface area is 112 Å². The molecule has 4 heteroatoms. The lowest BCUT2D eigenvalue weighted by Gasteiger charge is -2.32. The molecular formula is C14H18FNOS. The maximum atomic E-state index is 12.8. The molecule has 1 aliphatic carbocycles. The van der Waals surface area contributed by atoms with Crippen molar-refractivity contribution < 1.29 is 9.18 Å². The van der Waals surface area contributed by atoms with Crippen molar-refractivity contribution in [3.8, 4) is 0 Å². The highest BCUT2D eigenvalue weighted by atomic mass is 32.2. The fourth-order valence-corrected chi connectivity index (χ4v) is 3.29. The first-order chi connectivity index (χ1) is 8.66. The molecule has 0 N–H and O–H groups in total. The summed E-state index contributed by atoms with van der Waals surface area (Å²) in [5.74, 6) is -0.164. The summed E-state index contributed by atoms with van der Waals surface area (Å²) < 4.78 is 14.7. The van der Waals surface area contributed by atoms with E-state index in [2.05, 4.69) is 0 Å². The van der Waals surface area contributed by atoms with Gasteiger partial charge in [-0.1, -0.05) is 19.3 Å². The van der Waals surface area contributed by atoms with Gasteiger partial charge in [0.1, 0.15) is 5.82 Å². The largest absolute Gasteiger partial charge is 0.279 e. The monoisotopic (exact) mass is 267 g/mol. The van der Waals surface area contributed by atoms with Crippen molar-refractivity contribution in [1.82, 2.24) is 4.31 Å². The van der Waals surface area contributed by atoms with Gasteiger partial charge in [-0.3, -0.25) is 9.10 Å². The Morgan fingerprint density at radius 2 is 1.83 bits per heavy atom. The summed E-state index contributed by atoms with van der Waals surface area (Å²) in [6.45, 7) is 1.60. The molecular weight excluding hydrogens is 249 g/mol. The highest BCUT2D eigenvalue weighted by Gasteiger charge is 2.24. The van der Waals surface area contributed by atoms with Gasteiger partial charge in [0, 0.05) is 17.9 Å². The quantitative estimate of drug-likeness (QED) is 0.771. The molecule has 2 nitrogen and oxygen atoms in total. The van der Waals surface area contributed by atoms with Gasteiger partial charge in [-0.2, -0.15) is 0 Å². The Bertz CT molecular complexity index is 401. The molecule has 1 aromatic carbocycles. The third kappa shape index (κ3) is 3.48. The minimum atomic E-state index is -0.244. The van der Waals surface area contributed by atoms with Gasteiger partial charge in [0.25, 0.3) is 0 Å². The third-order valence-corrected chi connectivity index (χ3v) is 4.47. The molecule has 0 heterocycles. The van der Waals surface area contributed by atoms with Crippen LogP contribution in [-0.4, -0.2) is 16.3 Å². The molecule has 18 heavy (non-hydrogen) atoms. The Kier molecular flexibility index (Phi) is 4.64. The van der Waals surface area contributed by atoms with Crippen molar-refractivity contribution in [1.29, 1.82) is 0 Å². The lowest BCUT2D eigenvalue weighted by atomic mass is 9.95. The van der Waals surface area contributed by atoms with Gasteiger partial charge in [-0.05, 0) is 49.1 Å². The van der Waals surface area contributed by atoms with E-state index in [-0.39, 0.29) is 11.7 Å². The molecule has 0 saturated heterocycles. The van der Waals surface area contributed by atoms with Crippen molar-refractivity contribution in [3.63, 3.8) is 0 Å². The molecule has 0 spiro atoms. The van der Waals surface area contributed by atoms with Crippen molar-refractivity contribution in [2.24, 2.45) is 0 Å². The van der Waals surface area contributed by atoms with E-state index in [0.717, 1.165) is 17.7 Å². The fraction of sp³-hybridized carbons (Fsp3) is 0.500. The first kappa shape index (κ1) is 13.4. The standard InChI is InChI=1S/C14H18FNOS/c1-11(17)16(13-5-3-2-4-6-13)18-14-9-7-12(15)8-10-14/h7-10,13H,2-6H2,1H3. The van der Waals surface area contributed by atoms with Crippen LogP contribution in [0, 0.1) is 5.82 Å². The summed E-state index contributed by atoms with van der Waals surface area (Å²) >= 11 is 1.43. The molecule has 0 radical (unpaired) electrons. The summed E-state index contributed by atoms with van der Waals surface area (Å²) in [5.41, 5.74) is 0. The van der Waals surface area contributed by atoms with Crippen LogP contribution < -0.4 is 0 Å². The topological polar surface area (TPSA) is 20.3 Å². The summed E-state index contributed by atoms with van der Waals surface area (Å²) in [6.07, 6.45) is 5.81. The first-order valence-electron chi connectivity index (χ1n) is 6.40. The van der Waals surface area contributed by atoms with Crippen LogP contribution in [0.15, 0.2) is 29.2 Å². The second-order valence-electron chi connectivity index (χ2n) is 4.68. The van der Waals surface area contributed by atoms with E-state index >= 15 is 0 Å². The molecule has 0 aliphatic heterocycles. The molecule has 0 atom stereocenters. The molecule has 1 amide bonds. The zero-order chi connectivity index (χ0) is 13.0. The smallest absolute Gasteiger partial charge is 0.229 e. The molecule has 98 valence electrons. The minimum Gasteiger partial charge on any atom is -0.279 e. The number of benzene rings is 1. The van der Waals surface area contributed by atoms with Crippen LogP contribution in [0.5, 0.6) is 0 Å². The highest BCUT2D eigenvalue weighted by molar-refractivity contribution is 7.97. The average Bonchev–Trinajstić information content (AvgIpc) is 2.38. The first-order valence-corrected chi connectivity index (χ1v) is 7.17. The normalized spacial score (nSPS) is 16.6. The number of hydrogen-bond donors (Lipinski definition) is 0. The SMILES string of the molecule is CC(=O)N(Sc1ccc(F)cc1)C1CCCCC1. The Morgan fingerprint density at radius 1 is 1.22 bits per heavy atom. The molecule has 1 aromatic rings. The van der Waals surface area contributed by atoms with Gasteiger partial charge in [0.2, 0.25) is 5.91 Å². The highest BCUT2D eigenvalue weighted by Crippen LogP contribution is 2.31. The third-order valence-electron chi connectivity index (χ3n) is 3.23. The van der Waals surface area contributed by atoms with E-state index < -0.39 is 0 Å². The zero-order valence-corrected chi connectivity index (χ0v) is 11.4. The summed E-state index contributed by atoms with van der Waals surface area (Å²) in [4.78, 5) is 12.7. The number of amides is 1. The van der Waals surface area contributed by atoms with Gasteiger partial charge in [0.05, 0.1) is 0 Å². The predicted octanol–water partition coefficient (Wildman–Crippen LogP) is 4.01. The lowest BCUT2D eigenvalue weighted by Crippen LogP contribution is -2.34. The van der Waals surface area contributed by atoms with Gasteiger partial charge in [-0.25, -0.2) is 4.39 Å². The molecule has 0 aromatic heterocycles. The molecule has 1 aliphatic rings. The van der Waals surface area contributed by atoms with Crippen molar-refractivity contribution in [3.05, 3.63) is 30.1 Å². The lowest BCUT2D eigenvalue weighted by molar-refractivity contribution is -0.125. The second kappa shape index (κ2) is 6.23. The Hall–Kier alpha value is -1.03. The minimum absolute atomic E-state index is 0.0798. The number of halogens is 1. The van der Waals surface area contributed by atoms with E-state index in [1.54, 1.807) is 19.1 Å². The maximum absolute atomic E-state index is 12.8. The number of carbonyl (C=O) groups is 1. The molecule has 2 rings (SSSR count). The zero-order valence-electron chi connectivity index (χ0n) is 10.6. The molecule has 0 bridgehead atoms. The summed E-state index contributed by atoms with van der Waals surface area (Å²) in [6, 6.07) is 6.63. The van der Waals surface area contributed by atoms with Gasteiger partial charge in [0.15, 0.2) is 0 Å². The van der Waals surface area contributed by atoms with Crippen molar-refractivity contribution >= 4 is 17.9 Å². The summed E-state index contributed by atoms with van der Waals surface area (Å²) in [7, 11) is 0. The van der Waals surface area contributed by atoms with Crippen LogP contribution in [0.2, 0.25) is 0 Å². The van der Waals surface area contributed by atoms with Crippen molar-refractivity contribution in [2.45, 2.75) is 50.0 Å². The van der Waals surface area contributed by atoms with Gasteiger partial charge < -0.3 is 0 Å². The number of hydrogen-bond acceptors (Lipinski definition) is 2. The summed E-state index contributed by atoms with van der Waals surface area (Å²) in [5, 5.41) is 0. The van der Waals surface area contributed by atoms with E-state index in [1.807, 2.05) is 4.31 Å². The van der Waals surface area contributed by atoms with Crippen LogP contribution in [0.4, 0.5) is 4.39 Å². The van der Waals surface area contributed by atoms with Gasteiger partial charge >= 0.3 is 0 Å². The van der Waals surface area contributed by atoms with Crippen LogP contribution in [0.1, 0.15) is 39.0 Å². The maximum Gasteiger partial charge on any atom is 0.229 e. The van der Waals surface area contributed by atoms with Crippen molar-refractivity contribution in [2.75, 3.05) is 0 Å². The number of rotatable bonds is 3. The van der Waals surface area contributed by atoms with E-state index in [1.165, 1.54) is 43.3 Å². The Balaban J connectivity index is 2.05. The van der Waals surface area contributed by atoms with E-state index in [0.29, 0.717) is 6.04 Å².